The maximum Gasteiger partial charge on any atom is 0.251 e. The average Bonchev–Trinajstić information content (AvgIpc) is 3.22. The molecule has 0 aliphatic heterocycles. The second-order valence-electron chi connectivity index (χ2n) is 5.12. The first-order chi connectivity index (χ1) is 8.99. The SMILES string of the molecule is CC(CNC(=O)c1ccc(F)c(S)c1)N(C)C1CC1. The summed E-state index contributed by atoms with van der Waals surface area (Å²) < 4.78 is 13.1. The maximum absolute atomic E-state index is 13.1. The number of carbonyl (C=O) groups is 1. The monoisotopic (exact) mass is 282 g/mol. The number of rotatable bonds is 5. The lowest BCUT2D eigenvalue weighted by atomic mass is 10.2. The first kappa shape index (κ1) is 14.3. The van der Waals surface area contributed by atoms with Crippen molar-refractivity contribution in [3.05, 3.63) is 29.6 Å². The molecule has 0 spiro atoms. The Morgan fingerprint density at radius 3 is 2.84 bits per heavy atom. The van der Waals surface area contributed by atoms with Crippen LogP contribution in [-0.2, 0) is 0 Å². The number of likely N-dealkylation sites (N-methyl/N-ethyl adjacent to an activating group) is 1. The van der Waals surface area contributed by atoms with Crippen molar-refractivity contribution in [3.8, 4) is 0 Å². The zero-order chi connectivity index (χ0) is 14.0. The van der Waals surface area contributed by atoms with Gasteiger partial charge in [-0.15, -0.1) is 12.6 Å². The smallest absolute Gasteiger partial charge is 0.251 e. The number of hydrogen-bond acceptors (Lipinski definition) is 3. The number of halogens is 1. The fraction of sp³-hybridized carbons (Fsp3) is 0.500. The first-order valence-electron chi connectivity index (χ1n) is 6.47. The number of thiol groups is 1. The van der Waals surface area contributed by atoms with Crippen LogP contribution in [0.1, 0.15) is 30.1 Å². The Labute approximate surface area is 118 Å². The molecule has 3 nitrogen and oxygen atoms in total. The Kier molecular flexibility index (Phi) is 4.47. The van der Waals surface area contributed by atoms with Crippen LogP contribution in [0.25, 0.3) is 0 Å². The Hall–Kier alpha value is -1.07. The van der Waals surface area contributed by atoms with Crippen molar-refractivity contribution in [1.29, 1.82) is 0 Å². The zero-order valence-electron chi connectivity index (χ0n) is 11.2. The van der Waals surface area contributed by atoms with Gasteiger partial charge < -0.3 is 5.32 Å². The Morgan fingerprint density at radius 2 is 2.26 bits per heavy atom. The highest BCUT2D eigenvalue weighted by Crippen LogP contribution is 2.26. The van der Waals surface area contributed by atoms with Gasteiger partial charge in [0.1, 0.15) is 5.82 Å². The maximum atomic E-state index is 13.1. The third kappa shape index (κ3) is 3.70. The van der Waals surface area contributed by atoms with Crippen molar-refractivity contribution < 1.29 is 9.18 Å². The molecule has 104 valence electrons. The molecule has 2 rings (SSSR count). The minimum Gasteiger partial charge on any atom is -0.350 e. The van der Waals surface area contributed by atoms with Crippen molar-refractivity contribution in [2.45, 2.75) is 36.7 Å². The van der Waals surface area contributed by atoms with Crippen molar-refractivity contribution in [2.75, 3.05) is 13.6 Å². The largest absolute Gasteiger partial charge is 0.350 e. The van der Waals surface area contributed by atoms with E-state index in [0.717, 1.165) is 0 Å². The van der Waals surface area contributed by atoms with E-state index in [0.29, 0.717) is 24.2 Å². The van der Waals surface area contributed by atoms with Gasteiger partial charge in [0.25, 0.3) is 5.91 Å². The molecular formula is C14H19FN2OS. The van der Waals surface area contributed by atoms with Gasteiger partial charge in [0.05, 0.1) is 0 Å². The van der Waals surface area contributed by atoms with Gasteiger partial charge in [0.2, 0.25) is 0 Å². The molecule has 1 fully saturated rings. The second kappa shape index (κ2) is 5.92. The molecule has 1 aliphatic carbocycles. The molecule has 0 bridgehead atoms. The van der Waals surface area contributed by atoms with Crippen molar-refractivity contribution in [1.82, 2.24) is 10.2 Å². The van der Waals surface area contributed by atoms with Crippen LogP contribution >= 0.6 is 12.6 Å². The van der Waals surface area contributed by atoms with E-state index in [1.807, 2.05) is 0 Å². The normalized spacial score (nSPS) is 16.5. The molecule has 1 atom stereocenters. The van der Waals surface area contributed by atoms with E-state index < -0.39 is 5.82 Å². The molecule has 0 aromatic heterocycles. The van der Waals surface area contributed by atoms with E-state index in [-0.39, 0.29) is 10.8 Å². The van der Waals surface area contributed by atoms with Crippen molar-refractivity contribution >= 4 is 18.5 Å². The summed E-state index contributed by atoms with van der Waals surface area (Å²) >= 11 is 3.98. The molecular weight excluding hydrogens is 263 g/mol. The second-order valence-corrected chi connectivity index (χ2v) is 5.60. The summed E-state index contributed by atoms with van der Waals surface area (Å²) in [6.07, 6.45) is 2.49. The summed E-state index contributed by atoms with van der Waals surface area (Å²) in [4.78, 5) is 14.4. The minimum atomic E-state index is -0.415. The molecule has 19 heavy (non-hydrogen) atoms. The molecule has 1 aromatic rings. The Morgan fingerprint density at radius 1 is 1.58 bits per heavy atom. The molecule has 0 radical (unpaired) electrons. The molecule has 1 aromatic carbocycles. The van der Waals surface area contributed by atoms with Gasteiger partial charge in [0.15, 0.2) is 0 Å². The summed E-state index contributed by atoms with van der Waals surface area (Å²) in [6, 6.07) is 5.15. The molecule has 5 heteroatoms. The fourth-order valence-electron chi connectivity index (χ4n) is 1.98. The summed E-state index contributed by atoms with van der Waals surface area (Å²) in [6.45, 7) is 2.68. The fourth-order valence-corrected chi connectivity index (χ4v) is 2.20. The predicted molar refractivity (Wildman–Crippen MR) is 76.2 cm³/mol. The summed E-state index contributed by atoms with van der Waals surface area (Å²) in [5.41, 5.74) is 0.438. The summed E-state index contributed by atoms with van der Waals surface area (Å²) in [5, 5.41) is 2.87. The molecule has 1 amide bonds. The van der Waals surface area contributed by atoms with Gasteiger partial charge >= 0.3 is 0 Å². The molecule has 0 saturated heterocycles. The van der Waals surface area contributed by atoms with Gasteiger partial charge in [-0.05, 0) is 45.0 Å². The Balaban J connectivity index is 1.88. The quantitative estimate of drug-likeness (QED) is 0.812. The molecule has 0 heterocycles. The highest BCUT2D eigenvalue weighted by Gasteiger charge is 2.29. The number of nitrogens with one attached hydrogen (secondary N) is 1. The highest BCUT2D eigenvalue weighted by molar-refractivity contribution is 7.80. The zero-order valence-corrected chi connectivity index (χ0v) is 12.1. The summed E-state index contributed by atoms with van der Waals surface area (Å²) in [5.74, 6) is -0.604. The third-order valence-corrected chi connectivity index (χ3v) is 3.93. The van der Waals surface area contributed by atoms with Gasteiger partial charge in [-0.1, -0.05) is 0 Å². The standard InChI is InChI=1S/C14H19FN2OS/c1-9(17(2)11-4-5-11)8-16-14(18)10-3-6-12(15)13(19)7-10/h3,6-7,9,11,19H,4-5,8H2,1-2H3,(H,16,18). The van der Waals surface area contributed by atoms with Crippen LogP contribution in [0.3, 0.4) is 0 Å². The van der Waals surface area contributed by atoms with Crippen molar-refractivity contribution in [2.24, 2.45) is 0 Å². The lowest BCUT2D eigenvalue weighted by Gasteiger charge is -2.24. The molecule has 1 aliphatic rings. The molecule has 1 N–H and O–H groups in total. The minimum absolute atomic E-state index is 0.189. The van der Waals surface area contributed by atoms with E-state index in [1.54, 1.807) is 0 Å². The lowest BCUT2D eigenvalue weighted by molar-refractivity contribution is 0.0939. The number of carbonyl (C=O) groups excluding carboxylic acids is 1. The van der Waals surface area contributed by atoms with Gasteiger partial charge in [-0.25, -0.2) is 4.39 Å². The van der Waals surface area contributed by atoms with E-state index in [9.17, 15) is 9.18 Å². The number of hydrogen-bond donors (Lipinski definition) is 2. The third-order valence-electron chi connectivity index (χ3n) is 3.58. The number of amides is 1. The highest BCUT2D eigenvalue weighted by atomic mass is 32.1. The van der Waals surface area contributed by atoms with Crippen LogP contribution in [0.5, 0.6) is 0 Å². The molecule has 1 saturated carbocycles. The van der Waals surface area contributed by atoms with Crippen LogP contribution < -0.4 is 5.32 Å². The van der Waals surface area contributed by atoms with Crippen LogP contribution in [-0.4, -0.2) is 36.5 Å². The first-order valence-corrected chi connectivity index (χ1v) is 6.92. The van der Waals surface area contributed by atoms with Crippen LogP contribution in [0, 0.1) is 5.82 Å². The van der Waals surface area contributed by atoms with Crippen molar-refractivity contribution in [3.63, 3.8) is 0 Å². The molecule has 1 unspecified atom stereocenters. The number of benzene rings is 1. The van der Waals surface area contributed by atoms with E-state index >= 15 is 0 Å². The Bertz CT molecular complexity index is 477. The van der Waals surface area contributed by atoms with Gasteiger partial charge in [-0.2, -0.15) is 0 Å². The van der Waals surface area contributed by atoms with E-state index in [4.69, 9.17) is 0 Å². The van der Waals surface area contributed by atoms with E-state index in [1.165, 1.54) is 31.0 Å². The van der Waals surface area contributed by atoms with Gasteiger partial charge in [0, 0.05) is 29.1 Å². The predicted octanol–water partition coefficient (Wildman–Crippen LogP) is 2.33. The van der Waals surface area contributed by atoms with Crippen LogP contribution in [0.2, 0.25) is 0 Å². The van der Waals surface area contributed by atoms with Crippen LogP contribution in [0.4, 0.5) is 4.39 Å². The topological polar surface area (TPSA) is 32.3 Å². The van der Waals surface area contributed by atoms with E-state index in [2.05, 4.69) is 36.8 Å². The summed E-state index contributed by atoms with van der Waals surface area (Å²) in [7, 11) is 2.08. The van der Waals surface area contributed by atoms with Gasteiger partial charge in [-0.3, -0.25) is 9.69 Å². The van der Waals surface area contributed by atoms with Crippen LogP contribution in [0.15, 0.2) is 23.1 Å². The average molecular weight is 282 g/mol. The lowest BCUT2D eigenvalue weighted by Crippen LogP contribution is -2.41. The number of nitrogens with zero attached hydrogens (tertiary/aromatic N) is 1.